The van der Waals surface area contributed by atoms with E-state index >= 15 is 0 Å². The van der Waals surface area contributed by atoms with E-state index in [1.807, 2.05) is 4.49 Å². The summed E-state index contributed by atoms with van der Waals surface area (Å²) in [5.41, 5.74) is 0. The van der Waals surface area contributed by atoms with Crippen LogP contribution in [0.1, 0.15) is 12.8 Å². The molecule has 0 saturated carbocycles. The van der Waals surface area contributed by atoms with Gasteiger partial charge in [0.05, 0.1) is 0 Å². The van der Waals surface area contributed by atoms with Crippen LogP contribution >= 0.6 is 0 Å². The molecule has 0 amide bonds. The molecule has 0 nitrogen and oxygen atoms in total. The number of unbranched alkanes of at least 4 members (excludes halogenated alkanes) is 1. The second-order valence-corrected chi connectivity index (χ2v) is 1.41. The fraction of sp³-hybridized carbons (Fsp3) is 0.500. The van der Waals surface area contributed by atoms with Gasteiger partial charge in [0.1, 0.15) is 0 Å². The van der Waals surface area contributed by atoms with Crippen molar-refractivity contribution in [3.8, 4) is 0 Å². The predicted molar refractivity (Wildman–Crippen MR) is 20.7 cm³/mol. The summed E-state index contributed by atoms with van der Waals surface area (Å²) < 4.78 is 1.97. The van der Waals surface area contributed by atoms with Gasteiger partial charge in [0.25, 0.3) is 0 Å². The summed E-state index contributed by atoms with van der Waals surface area (Å²) in [6.07, 6.45) is 2.09. The van der Waals surface area contributed by atoms with E-state index in [0.29, 0.717) is 0 Å². The molecule has 0 bridgehead atoms. The van der Waals surface area contributed by atoms with Crippen LogP contribution in [0.25, 0.3) is 0 Å². The summed E-state index contributed by atoms with van der Waals surface area (Å²) in [6, 6.07) is 0. The van der Waals surface area contributed by atoms with E-state index in [4.69, 9.17) is 0 Å². The van der Waals surface area contributed by atoms with Crippen LogP contribution < -0.4 is 0 Å². The van der Waals surface area contributed by atoms with Crippen molar-refractivity contribution in [1.82, 2.24) is 0 Å². The molecule has 0 aliphatic heterocycles. The molecule has 0 atom stereocenters. The third-order valence-corrected chi connectivity index (χ3v) is 0.744. The zero-order valence-electron chi connectivity index (χ0n) is 3.01. The van der Waals surface area contributed by atoms with Crippen LogP contribution in [0.15, 0.2) is 0 Å². The van der Waals surface area contributed by atoms with Gasteiger partial charge in [-0.2, -0.15) is 0 Å². The first-order valence-corrected chi connectivity index (χ1v) is 2.49. The molecule has 0 spiro atoms. The molecule has 34 valence electrons. The molecule has 0 aromatic carbocycles. The number of hydrogen-bond donors (Lipinski definition) is 0. The molecule has 0 aromatic heterocycles. The maximum atomic E-state index is 3.62. The van der Waals surface area contributed by atoms with Crippen LogP contribution in [0, 0.1) is 6.92 Å². The molecule has 0 fully saturated rings. The van der Waals surface area contributed by atoms with E-state index in [2.05, 4.69) is 25.7 Å². The van der Waals surface area contributed by atoms with Gasteiger partial charge in [0.2, 0.25) is 0 Å². The Bertz CT molecular complexity index is 24.8. The van der Waals surface area contributed by atoms with Crippen LogP contribution in [0.2, 0.25) is 0 Å². The quantitative estimate of drug-likeness (QED) is 0.418. The summed E-state index contributed by atoms with van der Waals surface area (Å²) in [4.78, 5) is 0. The van der Waals surface area contributed by atoms with E-state index in [1.54, 1.807) is 0 Å². The molecule has 0 aliphatic carbocycles. The molecule has 0 N–H and O–H groups in total. The van der Waals surface area contributed by atoms with Gasteiger partial charge in [-0.05, 0) is 0 Å². The maximum absolute atomic E-state index is 3.62. The van der Waals surface area contributed by atoms with Crippen molar-refractivity contribution in [3.05, 3.63) is 6.92 Å². The summed E-state index contributed by atoms with van der Waals surface area (Å²) in [5.74, 6) is 0. The molecule has 0 aliphatic rings. The normalized spacial score (nSPS) is 7.80. The van der Waals surface area contributed by atoms with Crippen LogP contribution in [0.4, 0.5) is 0 Å². The summed E-state index contributed by atoms with van der Waals surface area (Å²) in [5, 5.41) is 0. The molecule has 0 aromatic rings. The van der Waals surface area contributed by atoms with Crippen molar-refractivity contribution in [3.63, 3.8) is 0 Å². The van der Waals surface area contributed by atoms with Crippen LogP contribution in [-0.4, -0.2) is 4.49 Å². The minimum atomic E-state index is 1.00. The Morgan fingerprint density at radius 1 is 1.80 bits per heavy atom. The van der Waals surface area contributed by atoms with E-state index < -0.39 is 0 Å². The van der Waals surface area contributed by atoms with Gasteiger partial charge >= 0.3 is 43.0 Å². The van der Waals surface area contributed by atoms with Gasteiger partial charge in [0, 0.05) is 0 Å². The fourth-order valence-electron chi connectivity index (χ4n) is 0.0645. The minimum absolute atomic E-state index is 1.00. The van der Waals surface area contributed by atoms with Gasteiger partial charge in [-0.1, -0.05) is 0 Å². The van der Waals surface area contributed by atoms with Crippen LogP contribution in [0.5, 0.6) is 0 Å². The van der Waals surface area contributed by atoms with Crippen molar-refractivity contribution < 1.29 is 18.7 Å². The van der Waals surface area contributed by atoms with Gasteiger partial charge in [-0.15, -0.1) is 0 Å². The van der Waals surface area contributed by atoms with Gasteiger partial charge in [-0.3, -0.25) is 0 Å². The Balaban J connectivity index is 2.40. The SMILES string of the molecule is [CH2-]CC[CH]=[Pd]. The first-order valence-electron chi connectivity index (χ1n) is 1.59. The monoisotopic (exact) mass is 161 g/mol. The van der Waals surface area contributed by atoms with E-state index in [9.17, 15) is 0 Å². The molecule has 5 heavy (non-hydrogen) atoms. The van der Waals surface area contributed by atoms with Crippen molar-refractivity contribution in [2.45, 2.75) is 12.8 Å². The fourth-order valence-corrected chi connectivity index (χ4v) is 0.382. The Morgan fingerprint density at radius 2 is 2.40 bits per heavy atom. The van der Waals surface area contributed by atoms with Crippen LogP contribution in [0.3, 0.4) is 0 Å². The molecule has 0 heterocycles. The topological polar surface area (TPSA) is 0 Å². The second kappa shape index (κ2) is 4.53. The summed E-state index contributed by atoms with van der Waals surface area (Å²) in [7, 11) is 0. The molecular weight excluding hydrogens is 154 g/mol. The Hall–Kier alpha value is 0.532. The standard InChI is InChI=1S/C4H7.Pd/c1-3-4-2;/h1H,2-4H2;/q-1;. The summed E-state index contributed by atoms with van der Waals surface area (Å²) in [6.45, 7) is 3.62. The summed E-state index contributed by atoms with van der Waals surface area (Å²) >= 11 is 2.92. The first-order chi connectivity index (χ1) is 2.41. The third kappa shape index (κ3) is 4.53. The van der Waals surface area contributed by atoms with E-state index in [0.717, 1.165) is 12.8 Å². The molecule has 0 rings (SSSR count). The number of hydrogen-bond acceptors (Lipinski definition) is 0. The first kappa shape index (κ1) is 5.53. The zero-order valence-corrected chi connectivity index (χ0v) is 4.57. The van der Waals surface area contributed by atoms with Crippen molar-refractivity contribution >= 4 is 4.49 Å². The van der Waals surface area contributed by atoms with Gasteiger partial charge in [-0.25, -0.2) is 0 Å². The second-order valence-electron chi connectivity index (χ2n) is 0.771. The van der Waals surface area contributed by atoms with Crippen LogP contribution in [-0.2, 0) is 18.7 Å². The average Bonchev–Trinajstić information content (AvgIpc) is 1.41. The third-order valence-electron chi connectivity index (χ3n) is 0.295. The molecule has 0 unspecified atom stereocenters. The zero-order chi connectivity index (χ0) is 4.12. The molecule has 1 heteroatoms. The predicted octanol–water partition coefficient (Wildman–Crippen LogP) is 0.950. The van der Waals surface area contributed by atoms with Gasteiger partial charge in [0.15, 0.2) is 0 Å². The average molecular weight is 162 g/mol. The Labute approximate surface area is 43.5 Å². The van der Waals surface area contributed by atoms with Crippen molar-refractivity contribution in [2.75, 3.05) is 0 Å². The molecule has 0 radical (unpaired) electrons. The Kier molecular flexibility index (Phi) is 5.01. The van der Waals surface area contributed by atoms with E-state index in [1.165, 1.54) is 0 Å². The molecule has 0 saturated heterocycles. The Morgan fingerprint density at radius 3 is 2.40 bits per heavy atom. The molecular formula is C4H7Pd-. The van der Waals surface area contributed by atoms with Gasteiger partial charge < -0.3 is 0 Å². The van der Waals surface area contributed by atoms with Crippen molar-refractivity contribution in [1.29, 1.82) is 0 Å². The van der Waals surface area contributed by atoms with Crippen molar-refractivity contribution in [2.24, 2.45) is 0 Å². The number of rotatable bonds is 2. The van der Waals surface area contributed by atoms with E-state index in [-0.39, 0.29) is 0 Å².